The number of para-hydroxylation sites is 2. The van der Waals surface area contributed by atoms with Crippen LogP contribution in [-0.4, -0.2) is 18.9 Å². The van der Waals surface area contributed by atoms with Crippen LogP contribution in [0.5, 0.6) is 5.75 Å². The summed E-state index contributed by atoms with van der Waals surface area (Å²) in [5.41, 5.74) is 2.69. The lowest BCUT2D eigenvalue weighted by Gasteiger charge is -2.11. The van der Waals surface area contributed by atoms with E-state index in [9.17, 15) is 9.59 Å². The second kappa shape index (κ2) is 8.59. The fourth-order valence-electron chi connectivity index (χ4n) is 2.68. The molecule has 0 aliphatic carbocycles. The minimum Gasteiger partial charge on any atom is -0.495 e. The molecule has 0 saturated carbocycles. The van der Waals surface area contributed by atoms with Gasteiger partial charge in [0.15, 0.2) is 0 Å². The van der Waals surface area contributed by atoms with Gasteiger partial charge in [0, 0.05) is 21.8 Å². The van der Waals surface area contributed by atoms with Crippen LogP contribution in [0, 0.1) is 6.92 Å². The molecule has 0 radical (unpaired) electrons. The van der Waals surface area contributed by atoms with Crippen LogP contribution >= 0.6 is 11.6 Å². The molecule has 2 amide bonds. The summed E-state index contributed by atoms with van der Waals surface area (Å²) >= 11 is 6.10. The van der Waals surface area contributed by atoms with E-state index in [-0.39, 0.29) is 11.8 Å². The van der Waals surface area contributed by atoms with Gasteiger partial charge in [0.05, 0.1) is 12.8 Å². The van der Waals surface area contributed by atoms with E-state index in [0.29, 0.717) is 33.3 Å². The number of anilines is 2. The van der Waals surface area contributed by atoms with Gasteiger partial charge in [-0.1, -0.05) is 35.9 Å². The Hall–Kier alpha value is -3.31. The monoisotopic (exact) mass is 394 g/mol. The number of methoxy groups -OCH3 is 1. The lowest BCUT2D eigenvalue weighted by atomic mass is 10.1. The minimum absolute atomic E-state index is 0.322. The highest BCUT2D eigenvalue weighted by molar-refractivity contribution is 6.31. The van der Waals surface area contributed by atoms with E-state index in [0.717, 1.165) is 5.56 Å². The fraction of sp³-hybridized carbons (Fsp3) is 0.0909. The Kier molecular flexibility index (Phi) is 5.96. The summed E-state index contributed by atoms with van der Waals surface area (Å²) in [6.45, 7) is 1.83. The molecular weight excluding hydrogens is 376 g/mol. The predicted molar refractivity (Wildman–Crippen MR) is 112 cm³/mol. The SMILES string of the molecule is COc1ccccc1NC(=O)c1cccc(C(=O)Nc2cccc(Cl)c2C)c1. The molecule has 5 nitrogen and oxygen atoms in total. The molecule has 6 heteroatoms. The quantitative estimate of drug-likeness (QED) is 0.628. The number of carbonyl (C=O) groups excluding carboxylic acids is 2. The summed E-state index contributed by atoms with van der Waals surface area (Å²) in [6.07, 6.45) is 0. The second-order valence-electron chi connectivity index (χ2n) is 6.10. The molecule has 0 saturated heterocycles. The van der Waals surface area contributed by atoms with E-state index in [4.69, 9.17) is 16.3 Å². The molecule has 3 aromatic carbocycles. The van der Waals surface area contributed by atoms with Gasteiger partial charge in [-0.15, -0.1) is 0 Å². The lowest BCUT2D eigenvalue weighted by molar-refractivity contribution is 0.102. The van der Waals surface area contributed by atoms with Crippen molar-refractivity contribution >= 4 is 34.8 Å². The largest absolute Gasteiger partial charge is 0.495 e. The Morgan fingerprint density at radius 1 is 0.821 bits per heavy atom. The van der Waals surface area contributed by atoms with E-state index in [1.807, 2.05) is 13.0 Å². The zero-order chi connectivity index (χ0) is 20.1. The number of carbonyl (C=O) groups is 2. The zero-order valence-electron chi connectivity index (χ0n) is 15.5. The van der Waals surface area contributed by atoms with Gasteiger partial charge in [-0.2, -0.15) is 0 Å². The Morgan fingerprint density at radius 2 is 1.39 bits per heavy atom. The van der Waals surface area contributed by atoms with Crippen LogP contribution < -0.4 is 15.4 Å². The number of rotatable bonds is 5. The molecule has 0 spiro atoms. The standard InChI is InChI=1S/C22H19ClN2O3/c1-14-17(23)9-6-11-18(14)24-21(26)15-7-5-8-16(13-15)22(27)25-19-10-3-4-12-20(19)28-2/h3-13H,1-2H3,(H,24,26)(H,25,27). The number of hydrogen-bond donors (Lipinski definition) is 2. The number of amides is 2. The summed E-state index contributed by atoms with van der Waals surface area (Å²) in [4.78, 5) is 25.2. The van der Waals surface area contributed by atoms with Crippen molar-refractivity contribution in [3.8, 4) is 5.75 Å². The maximum absolute atomic E-state index is 12.6. The third-order valence-corrected chi connectivity index (χ3v) is 4.67. The van der Waals surface area contributed by atoms with Crippen molar-refractivity contribution in [2.45, 2.75) is 6.92 Å². The summed E-state index contributed by atoms with van der Waals surface area (Å²) in [5.74, 6) is -0.100. The summed E-state index contributed by atoms with van der Waals surface area (Å²) < 4.78 is 5.24. The van der Waals surface area contributed by atoms with Crippen molar-refractivity contribution in [1.82, 2.24) is 0 Å². The Morgan fingerprint density at radius 3 is 2.07 bits per heavy atom. The molecule has 0 aliphatic heterocycles. The fourth-order valence-corrected chi connectivity index (χ4v) is 2.86. The van der Waals surface area contributed by atoms with Gasteiger partial charge in [-0.25, -0.2) is 0 Å². The first kappa shape index (κ1) is 19.5. The maximum atomic E-state index is 12.6. The van der Waals surface area contributed by atoms with Gasteiger partial charge in [-0.05, 0) is 55.0 Å². The number of hydrogen-bond acceptors (Lipinski definition) is 3. The lowest BCUT2D eigenvalue weighted by Crippen LogP contribution is -2.16. The van der Waals surface area contributed by atoms with Gasteiger partial charge in [0.1, 0.15) is 5.75 Å². The van der Waals surface area contributed by atoms with Gasteiger partial charge in [0.2, 0.25) is 0 Å². The molecule has 3 aromatic rings. The van der Waals surface area contributed by atoms with Crippen molar-refractivity contribution in [1.29, 1.82) is 0 Å². The van der Waals surface area contributed by atoms with Gasteiger partial charge < -0.3 is 15.4 Å². The van der Waals surface area contributed by atoms with E-state index < -0.39 is 0 Å². The first-order valence-electron chi connectivity index (χ1n) is 8.60. The topological polar surface area (TPSA) is 67.4 Å². The third kappa shape index (κ3) is 4.32. The van der Waals surface area contributed by atoms with Crippen LogP contribution in [0.25, 0.3) is 0 Å². The molecule has 0 heterocycles. The Bertz CT molecular complexity index is 1030. The molecule has 0 aromatic heterocycles. The van der Waals surface area contributed by atoms with Crippen molar-refractivity contribution in [3.63, 3.8) is 0 Å². The molecule has 0 bridgehead atoms. The number of nitrogens with one attached hydrogen (secondary N) is 2. The summed E-state index contributed by atoms with van der Waals surface area (Å²) in [6, 6.07) is 18.9. The highest BCUT2D eigenvalue weighted by Crippen LogP contribution is 2.25. The van der Waals surface area contributed by atoms with E-state index in [2.05, 4.69) is 10.6 Å². The summed E-state index contributed by atoms with van der Waals surface area (Å²) in [7, 11) is 1.54. The van der Waals surface area contributed by atoms with E-state index >= 15 is 0 Å². The van der Waals surface area contributed by atoms with Crippen molar-refractivity contribution < 1.29 is 14.3 Å². The molecule has 142 valence electrons. The van der Waals surface area contributed by atoms with E-state index in [1.165, 1.54) is 7.11 Å². The molecular formula is C22H19ClN2O3. The Labute approximate surface area is 168 Å². The van der Waals surface area contributed by atoms with Crippen LogP contribution in [0.1, 0.15) is 26.3 Å². The van der Waals surface area contributed by atoms with Crippen LogP contribution in [-0.2, 0) is 0 Å². The van der Waals surface area contributed by atoms with Crippen LogP contribution in [0.3, 0.4) is 0 Å². The maximum Gasteiger partial charge on any atom is 0.255 e. The molecule has 3 rings (SSSR count). The van der Waals surface area contributed by atoms with Crippen LogP contribution in [0.15, 0.2) is 66.7 Å². The second-order valence-corrected chi connectivity index (χ2v) is 6.51. The van der Waals surface area contributed by atoms with Crippen LogP contribution in [0.2, 0.25) is 5.02 Å². The Balaban J connectivity index is 1.78. The highest BCUT2D eigenvalue weighted by Gasteiger charge is 2.13. The highest BCUT2D eigenvalue weighted by atomic mass is 35.5. The average molecular weight is 395 g/mol. The zero-order valence-corrected chi connectivity index (χ0v) is 16.2. The summed E-state index contributed by atoms with van der Waals surface area (Å²) in [5, 5.41) is 6.20. The third-order valence-electron chi connectivity index (χ3n) is 4.26. The van der Waals surface area contributed by atoms with Crippen molar-refractivity contribution in [2.24, 2.45) is 0 Å². The molecule has 0 unspecified atom stereocenters. The number of halogens is 1. The molecule has 28 heavy (non-hydrogen) atoms. The number of benzene rings is 3. The van der Waals surface area contributed by atoms with Crippen molar-refractivity contribution in [3.05, 3.63) is 88.4 Å². The van der Waals surface area contributed by atoms with Crippen molar-refractivity contribution in [2.75, 3.05) is 17.7 Å². The van der Waals surface area contributed by atoms with Gasteiger partial charge in [0.25, 0.3) is 11.8 Å². The predicted octanol–water partition coefficient (Wildman–Crippen LogP) is 5.16. The van der Waals surface area contributed by atoms with E-state index in [1.54, 1.807) is 60.7 Å². The molecule has 2 N–H and O–H groups in total. The minimum atomic E-state index is -0.335. The normalized spacial score (nSPS) is 10.2. The molecule has 0 atom stereocenters. The van der Waals surface area contributed by atoms with Crippen LogP contribution in [0.4, 0.5) is 11.4 Å². The molecule has 0 aliphatic rings. The smallest absolute Gasteiger partial charge is 0.255 e. The average Bonchev–Trinajstić information content (AvgIpc) is 2.72. The molecule has 0 fully saturated rings. The first-order valence-corrected chi connectivity index (χ1v) is 8.98. The number of ether oxygens (including phenoxy) is 1. The first-order chi connectivity index (χ1) is 13.5. The van der Waals surface area contributed by atoms with Gasteiger partial charge >= 0.3 is 0 Å². The van der Waals surface area contributed by atoms with Gasteiger partial charge in [-0.3, -0.25) is 9.59 Å².